The van der Waals surface area contributed by atoms with E-state index < -0.39 is 62.3 Å². The quantitative estimate of drug-likeness (QED) is 0.274. The zero-order valence-electron chi connectivity index (χ0n) is 31.7. The Kier molecular flexibility index (Phi) is 10.7. The fourth-order valence-electron chi connectivity index (χ4n) is 7.60. The average molecular weight is 823 g/mol. The van der Waals surface area contributed by atoms with Crippen LogP contribution in [0, 0.1) is 12.8 Å². The summed E-state index contributed by atoms with van der Waals surface area (Å²) in [6.45, 7) is 9.23. The summed E-state index contributed by atoms with van der Waals surface area (Å²) in [5.41, 5.74) is -2.14. The maximum absolute atomic E-state index is 15.7. The molecule has 0 saturated carbocycles. The lowest BCUT2D eigenvalue weighted by atomic mass is 9.80. The van der Waals surface area contributed by atoms with Crippen molar-refractivity contribution in [2.45, 2.75) is 75.5 Å². The second-order valence-electron chi connectivity index (χ2n) is 15.1. The van der Waals surface area contributed by atoms with Gasteiger partial charge in [-0.2, -0.15) is 0 Å². The number of likely N-dealkylation sites (tertiary alicyclic amines) is 2. The third-order valence-electron chi connectivity index (χ3n) is 9.84. The van der Waals surface area contributed by atoms with Crippen LogP contribution in [0.4, 0.5) is 23.7 Å². The molecule has 0 aliphatic carbocycles. The van der Waals surface area contributed by atoms with Gasteiger partial charge in [-0.1, -0.05) is 30.2 Å². The number of rotatable bonds is 9. The lowest BCUT2D eigenvalue weighted by Gasteiger charge is -2.45. The Morgan fingerprint density at radius 1 is 0.929 bits per heavy atom. The number of hydrogen-bond donors (Lipinski definition) is 1. The van der Waals surface area contributed by atoms with Gasteiger partial charge in [0.05, 0.1) is 32.0 Å². The summed E-state index contributed by atoms with van der Waals surface area (Å²) in [5, 5.41) is 2.87. The number of halogens is 4. The molecule has 302 valence electrons. The molecule has 3 heterocycles. The van der Waals surface area contributed by atoms with E-state index in [1.807, 2.05) is 6.92 Å². The summed E-state index contributed by atoms with van der Waals surface area (Å²) in [5.74, 6) is -2.77. The highest BCUT2D eigenvalue weighted by molar-refractivity contribution is 7.93. The number of carbonyl (C=O) groups is 3. The van der Waals surface area contributed by atoms with Crippen LogP contribution in [0.15, 0.2) is 59.5 Å². The molecule has 3 atom stereocenters. The SMILES string of the molecule is COc1ccc(S(=O)(=O)N2C(=O)C(c3cc(C)ccc3OC)(N3C[C@H](C)C[C@H]3C(=O)N3CC(NC(=O)OC(C)(C)C)C3)c3cc(Cl)ccc32)c(OC(F)(F)F)c1. The van der Waals surface area contributed by atoms with Crippen molar-refractivity contribution >= 4 is 45.2 Å². The molecule has 2 fully saturated rings. The number of methoxy groups -OCH3 is 2. The second-order valence-corrected chi connectivity index (χ2v) is 17.3. The smallest absolute Gasteiger partial charge is 0.497 e. The van der Waals surface area contributed by atoms with Gasteiger partial charge in [-0.25, -0.2) is 17.5 Å². The lowest BCUT2D eigenvalue weighted by Crippen LogP contribution is -2.66. The van der Waals surface area contributed by atoms with Gasteiger partial charge in [-0.15, -0.1) is 13.2 Å². The van der Waals surface area contributed by atoms with E-state index in [4.69, 9.17) is 25.8 Å². The first kappa shape index (κ1) is 40.9. The van der Waals surface area contributed by atoms with Gasteiger partial charge in [0.2, 0.25) is 5.91 Å². The summed E-state index contributed by atoms with van der Waals surface area (Å²) in [7, 11) is -2.67. The minimum Gasteiger partial charge on any atom is -0.497 e. The molecule has 1 N–H and O–H groups in total. The molecule has 18 heteroatoms. The number of nitrogens with one attached hydrogen (secondary N) is 1. The molecular weight excluding hydrogens is 781 g/mol. The van der Waals surface area contributed by atoms with Crippen molar-refractivity contribution in [2.24, 2.45) is 5.92 Å². The Hall–Kier alpha value is -4.74. The van der Waals surface area contributed by atoms with Crippen LogP contribution in [0.1, 0.15) is 50.8 Å². The molecule has 56 heavy (non-hydrogen) atoms. The number of hydrogen-bond acceptors (Lipinski definition) is 10. The van der Waals surface area contributed by atoms with E-state index in [-0.39, 0.29) is 71.2 Å². The third-order valence-corrected chi connectivity index (χ3v) is 11.8. The monoisotopic (exact) mass is 822 g/mol. The number of sulfonamides is 1. The van der Waals surface area contributed by atoms with E-state index in [1.165, 1.54) is 37.3 Å². The van der Waals surface area contributed by atoms with E-state index in [0.717, 1.165) is 18.2 Å². The van der Waals surface area contributed by atoms with Crippen molar-refractivity contribution in [3.8, 4) is 17.2 Å². The van der Waals surface area contributed by atoms with E-state index >= 15 is 4.79 Å². The highest BCUT2D eigenvalue weighted by Gasteiger charge is 2.64. The van der Waals surface area contributed by atoms with Gasteiger partial charge in [0.25, 0.3) is 15.9 Å². The zero-order valence-corrected chi connectivity index (χ0v) is 33.3. The van der Waals surface area contributed by atoms with Crippen LogP contribution in [-0.4, -0.2) is 94.0 Å². The topological polar surface area (TPSA) is 144 Å². The molecule has 0 radical (unpaired) electrons. The summed E-state index contributed by atoms with van der Waals surface area (Å²) < 4.78 is 91.6. The maximum atomic E-state index is 15.7. The number of aryl methyl sites for hydroxylation is 1. The number of anilines is 1. The van der Waals surface area contributed by atoms with Gasteiger partial charge >= 0.3 is 12.5 Å². The van der Waals surface area contributed by atoms with Crippen molar-refractivity contribution < 1.29 is 54.9 Å². The standard InChI is InChI=1S/C38H42ClF3N4O9S/c1-21-8-12-30(53-7)27(14-21)37(45-18-22(2)15-29(45)33(47)44-19-24(20-44)43-35(49)55-36(3,4)5)26-16-23(39)9-11-28(26)46(34(37)48)56(50,51)32-13-10-25(52-6)17-31(32)54-38(40,41)42/h8-14,16-17,22,24,29H,15,18-20H2,1-7H3,(H,43,49)/t22-,29+,37?/m1/s1. The number of benzene rings is 3. The van der Waals surface area contributed by atoms with Crippen molar-refractivity contribution in [1.82, 2.24) is 15.1 Å². The van der Waals surface area contributed by atoms with E-state index in [0.29, 0.717) is 9.87 Å². The summed E-state index contributed by atoms with van der Waals surface area (Å²) in [6.07, 6.45) is -5.69. The fourth-order valence-corrected chi connectivity index (χ4v) is 9.33. The molecule has 0 aromatic heterocycles. The number of amides is 3. The van der Waals surface area contributed by atoms with E-state index in [9.17, 15) is 31.2 Å². The first-order valence-electron chi connectivity index (χ1n) is 17.6. The van der Waals surface area contributed by atoms with Gasteiger partial charge in [0.1, 0.15) is 22.0 Å². The Bertz CT molecular complexity index is 2180. The molecule has 0 bridgehead atoms. The molecule has 3 aromatic carbocycles. The Labute approximate surface area is 327 Å². The van der Waals surface area contributed by atoms with Crippen LogP contribution in [0.3, 0.4) is 0 Å². The van der Waals surface area contributed by atoms with Crippen LogP contribution in [-0.2, 0) is 29.9 Å². The largest absolute Gasteiger partial charge is 0.573 e. The normalized spacial score (nSPS) is 21.7. The lowest BCUT2D eigenvalue weighted by molar-refractivity contribution is -0.275. The second kappa shape index (κ2) is 14.6. The first-order chi connectivity index (χ1) is 26.1. The summed E-state index contributed by atoms with van der Waals surface area (Å²) >= 11 is 6.61. The number of ether oxygens (including phenoxy) is 4. The Morgan fingerprint density at radius 3 is 2.25 bits per heavy atom. The van der Waals surface area contributed by atoms with Crippen LogP contribution in [0.2, 0.25) is 5.02 Å². The molecule has 3 aliphatic rings. The van der Waals surface area contributed by atoms with E-state index in [1.54, 1.807) is 50.8 Å². The minimum atomic E-state index is -5.31. The van der Waals surface area contributed by atoms with Crippen molar-refractivity contribution in [3.05, 3.63) is 76.3 Å². The zero-order chi connectivity index (χ0) is 41.1. The Morgan fingerprint density at radius 2 is 1.62 bits per heavy atom. The molecule has 13 nitrogen and oxygen atoms in total. The molecular formula is C38H42ClF3N4O9S. The molecule has 3 aromatic rings. The van der Waals surface area contributed by atoms with Crippen molar-refractivity contribution in [1.29, 1.82) is 0 Å². The number of fused-ring (bicyclic) bond motifs is 1. The minimum absolute atomic E-state index is 0.0641. The third kappa shape index (κ3) is 7.43. The van der Waals surface area contributed by atoms with Gasteiger partial charge in [-0.3, -0.25) is 14.5 Å². The van der Waals surface area contributed by atoms with Crippen LogP contribution < -0.4 is 23.8 Å². The van der Waals surface area contributed by atoms with Gasteiger partial charge in [0, 0.05) is 41.9 Å². The molecule has 2 saturated heterocycles. The van der Waals surface area contributed by atoms with Crippen LogP contribution >= 0.6 is 11.6 Å². The van der Waals surface area contributed by atoms with Gasteiger partial charge in [-0.05, 0) is 82.5 Å². The molecule has 1 unspecified atom stereocenters. The fraction of sp³-hybridized carbons (Fsp3) is 0.447. The van der Waals surface area contributed by atoms with Crippen molar-refractivity contribution in [3.63, 3.8) is 0 Å². The van der Waals surface area contributed by atoms with Gasteiger partial charge < -0.3 is 29.2 Å². The number of alkyl halides is 3. The van der Waals surface area contributed by atoms with Crippen LogP contribution in [0.5, 0.6) is 17.2 Å². The highest BCUT2D eigenvalue weighted by Crippen LogP contribution is 2.56. The Balaban J connectivity index is 1.51. The summed E-state index contributed by atoms with van der Waals surface area (Å²) in [4.78, 5) is 44.8. The number of nitrogens with zero attached hydrogens (tertiary/aromatic N) is 3. The molecule has 6 rings (SSSR count). The predicted molar refractivity (Wildman–Crippen MR) is 198 cm³/mol. The molecule has 0 spiro atoms. The van der Waals surface area contributed by atoms with Crippen molar-refractivity contribution in [2.75, 3.05) is 38.2 Å². The number of carbonyl (C=O) groups excluding carboxylic acids is 3. The average Bonchev–Trinajstić information content (AvgIpc) is 3.58. The molecule has 3 amide bonds. The van der Waals surface area contributed by atoms with E-state index in [2.05, 4.69) is 10.1 Å². The maximum Gasteiger partial charge on any atom is 0.573 e. The summed E-state index contributed by atoms with van der Waals surface area (Å²) in [6, 6.07) is 10.4. The highest BCUT2D eigenvalue weighted by atomic mass is 35.5. The van der Waals surface area contributed by atoms with Gasteiger partial charge in [0.15, 0.2) is 11.3 Å². The predicted octanol–water partition coefficient (Wildman–Crippen LogP) is 5.99. The van der Waals surface area contributed by atoms with Crippen LogP contribution in [0.25, 0.3) is 0 Å². The first-order valence-corrected chi connectivity index (χ1v) is 19.5. The number of alkyl carbamates (subject to hydrolysis) is 1. The molecule has 3 aliphatic heterocycles.